The first kappa shape index (κ1) is 14.2. The molecule has 0 amide bonds. The molecular formula is C13H20INS2. The van der Waals surface area contributed by atoms with Crippen molar-refractivity contribution in [3.05, 3.63) is 19.4 Å². The second-order valence-corrected chi connectivity index (χ2v) is 8.54. The minimum atomic E-state index is 0.632. The van der Waals surface area contributed by atoms with Gasteiger partial charge in [-0.25, -0.2) is 0 Å². The largest absolute Gasteiger partial charge is 0.310 e. The van der Waals surface area contributed by atoms with Crippen molar-refractivity contribution in [3.63, 3.8) is 0 Å². The number of rotatable bonds is 6. The van der Waals surface area contributed by atoms with Gasteiger partial charge in [-0.3, -0.25) is 0 Å². The van der Waals surface area contributed by atoms with Crippen LogP contribution in [0.15, 0.2) is 6.07 Å². The van der Waals surface area contributed by atoms with Crippen LogP contribution in [0.25, 0.3) is 0 Å². The van der Waals surface area contributed by atoms with E-state index in [2.05, 4.69) is 40.2 Å². The number of thioether (sulfide) groups is 1. The molecular weight excluding hydrogens is 361 g/mol. The maximum atomic E-state index is 3.74. The van der Waals surface area contributed by atoms with Crippen LogP contribution >= 0.6 is 45.7 Å². The van der Waals surface area contributed by atoms with Crippen LogP contribution in [-0.2, 0) is 6.42 Å². The molecule has 0 spiro atoms. The van der Waals surface area contributed by atoms with E-state index in [-0.39, 0.29) is 0 Å². The third-order valence-electron chi connectivity index (χ3n) is 3.25. The highest BCUT2D eigenvalue weighted by molar-refractivity contribution is 14.1. The number of unbranched alkanes of at least 4 members (excludes halogenated alkanes) is 1. The highest BCUT2D eigenvalue weighted by atomic mass is 127. The maximum Gasteiger partial charge on any atom is 0.0659 e. The molecule has 1 atom stereocenters. The fourth-order valence-electron chi connectivity index (χ4n) is 2.38. The fourth-order valence-corrected chi connectivity index (χ4v) is 4.99. The summed E-state index contributed by atoms with van der Waals surface area (Å²) < 4.78 is 1.45. The van der Waals surface area contributed by atoms with Crippen molar-refractivity contribution in [3.8, 4) is 0 Å². The summed E-state index contributed by atoms with van der Waals surface area (Å²) >= 11 is 6.39. The van der Waals surface area contributed by atoms with Gasteiger partial charge in [-0.15, -0.1) is 11.3 Å². The van der Waals surface area contributed by atoms with Crippen LogP contribution in [0.3, 0.4) is 0 Å². The van der Waals surface area contributed by atoms with Crippen LogP contribution in [0.1, 0.15) is 42.2 Å². The Morgan fingerprint density at radius 1 is 1.53 bits per heavy atom. The SMILES string of the molecule is CSCCCCNC1CCCc2sc(I)cc21. The summed E-state index contributed by atoms with van der Waals surface area (Å²) in [7, 11) is 0. The van der Waals surface area contributed by atoms with Crippen LogP contribution in [0.4, 0.5) is 0 Å². The molecule has 1 aliphatic carbocycles. The average molecular weight is 381 g/mol. The van der Waals surface area contributed by atoms with Crippen molar-refractivity contribution >= 4 is 45.7 Å². The first-order chi connectivity index (χ1) is 8.31. The van der Waals surface area contributed by atoms with Gasteiger partial charge in [0.05, 0.1) is 2.88 Å². The smallest absolute Gasteiger partial charge is 0.0659 e. The minimum absolute atomic E-state index is 0.632. The lowest BCUT2D eigenvalue weighted by atomic mass is 9.94. The van der Waals surface area contributed by atoms with Gasteiger partial charge < -0.3 is 5.32 Å². The third-order valence-corrected chi connectivity index (χ3v) is 5.92. The number of nitrogens with one attached hydrogen (secondary N) is 1. The molecule has 0 bridgehead atoms. The zero-order chi connectivity index (χ0) is 12.1. The zero-order valence-corrected chi connectivity index (χ0v) is 14.1. The van der Waals surface area contributed by atoms with Gasteiger partial charge in [0.25, 0.3) is 0 Å². The molecule has 0 fully saturated rings. The zero-order valence-electron chi connectivity index (χ0n) is 10.3. The van der Waals surface area contributed by atoms with E-state index in [1.165, 1.54) is 47.3 Å². The molecule has 1 nitrogen and oxygen atoms in total. The summed E-state index contributed by atoms with van der Waals surface area (Å²) in [6.07, 6.45) is 8.82. The molecule has 1 N–H and O–H groups in total. The summed E-state index contributed by atoms with van der Waals surface area (Å²) in [4.78, 5) is 1.63. The van der Waals surface area contributed by atoms with Crippen LogP contribution in [0, 0.1) is 2.88 Å². The summed E-state index contributed by atoms with van der Waals surface area (Å²) in [5.74, 6) is 1.30. The van der Waals surface area contributed by atoms with Crippen molar-refractivity contribution in [1.29, 1.82) is 0 Å². The Balaban J connectivity index is 1.82. The van der Waals surface area contributed by atoms with Crippen molar-refractivity contribution in [2.75, 3.05) is 18.6 Å². The minimum Gasteiger partial charge on any atom is -0.310 e. The average Bonchev–Trinajstić information content (AvgIpc) is 2.70. The van der Waals surface area contributed by atoms with E-state index in [1.54, 1.807) is 10.4 Å². The van der Waals surface area contributed by atoms with E-state index in [0.29, 0.717) is 6.04 Å². The van der Waals surface area contributed by atoms with E-state index in [4.69, 9.17) is 0 Å². The molecule has 0 saturated carbocycles. The Bertz CT molecular complexity index is 351. The van der Waals surface area contributed by atoms with Crippen LogP contribution in [0.2, 0.25) is 0 Å². The lowest BCUT2D eigenvalue weighted by Gasteiger charge is -2.23. The molecule has 1 aliphatic rings. The molecule has 1 unspecified atom stereocenters. The standard InChI is InChI=1S/C13H20INS2/c1-16-8-3-2-7-15-11-5-4-6-12-10(11)9-13(14)17-12/h9,11,15H,2-8H2,1H3. The molecule has 17 heavy (non-hydrogen) atoms. The van der Waals surface area contributed by atoms with Crippen molar-refractivity contribution in [1.82, 2.24) is 5.32 Å². The quantitative estimate of drug-likeness (QED) is 0.577. The van der Waals surface area contributed by atoms with Gasteiger partial charge in [0.2, 0.25) is 0 Å². The second kappa shape index (κ2) is 7.36. The Kier molecular flexibility index (Phi) is 6.13. The normalized spacial score (nSPS) is 19.3. The lowest BCUT2D eigenvalue weighted by Crippen LogP contribution is -2.25. The maximum absolute atomic E-state index is 3.74. The second-order valence-electron chi connectivity index (χ2n) is 4.53. The predicted molar refractivity (Wildman–Crippen MR) is 88.3 cm³/mol. The summed E-state index contributed by atoms with van der Waals surface area (Å²) in [5.41, 5.74) is 1.59. The molecule has 0 aromatic carbocycles. The number of fused-ring (bicyclic) bond motifs is 1. The molecule has 96 valence electrons. The van der Waals surface area contributed by atoms with Crippen molar-refractivity contribution in [2.45, 2.75) is 38.1 Å². The van der Waals surface area contributed by atoms with Gasteiger partial charge in [-0.2, -0.15) is 11.8 Å². The van der Waals surface area contributed by atoms with Gasteiger partial charge in [0.1, 0.15) is 0 Å². The molecule has 0 radical (unpaired) electrons. The Morgan fingerprint density at radius 2 is 2.41 bits per heavy atom. The highest BCUT2D eigenvalue weighted by Crippen LogP contribution is 2.36. The lowest BCUT2D eigenvalue weighted by molar-refractivity contribution is 0.458. The van der Waals surface area contributed by atoms with Crippen molar-refractivity contribution in [2.24, 2.45) is 0 Å². The van der Waals surface area contributed by atoms with E-state index in [0.717, 1.165) is 0 Å². The summed E-state index contributed by atoms with van der Waals surface area (Å²) in [5, 5.41) is 3.74. The van der Waals surface area contributed by atoms with Crippen LogP contribution in [0.5, 0.6) is 0 Å². The highest BCUT2D eigenvalue weighted by Gasteiger charge is 2.21. The third kappa shape index (κ3) is 4.11. The predicted octanol–water partition coefficient (Wildman–Crippen LogP) is 4.46. The Labute approximate surface area is 126 Å². The van der Waals surface area contributed by atoms with Gasteiger partial charge in [-0.05, 0) is 84.9 Å². The van der Waals surface area contributed by atoms with E-state index < -0.39 is 0 Å². The molecule has 1 heterocycles. The topological polar surface area (TPSA) is 12.0 Å². The monoisotopic (exact) mass is 381 g/mol. The first-order valence-corrected chi connectivity index (χ1v) is 9.60. The molecule has 2 rings (SSSR count). The van der Waals surface area contributed by atoms with Crippen molar-refractivity contribution < 1.29 is 0 Å². The Morgan fingerprint density at radius 3 is 3.24 bits per heavy atom. The van der Waals surface area contributed by atoms with Crippen LogP contribution < -0.4 is 5.32 Å². The number of aryl methyl sites for hydroxylation is 1. The van der Waals surface area contributed by atoms with Gasteiger partial charge in [0, 0.05) is 10.9 Å². The van der Waals surface area contributed by atoms with Gasteiger partial charge >= 0.3 is 0 Å². The molecule has 0 aliphatic heterocycles. The Hall–Kier alpha value is 0.740. The molecule has 1 aromatic rings. The molecule has 4 heteroatoms. The van der Waals surface area contributed by atoms with Crippen LogP contribution in [-0.4, -0.2) is 18.6 Å². The molecule has 0 saturated heterocycles. The number of halogens is 1. The molecule has 1 aromatic heterocycles. The van der Waals surface area contributed by atoms with Gasteiger partial charge in [-0.1, -0.05) is 0 Å². The number of hydrogen-bond acceptors (Lipinski definition) is 3. The van der Waals surface area contributed by atoms with E-state index in [1.807, 2.05) is 23.1 Å². The summed E-state index contributed by atoms with van der Waals surface area (Å²) in [6.45, 7) is 1.18. The van der Waals surface area contributed by atoms with E-state index >= 15 is 0 Å². The fraction of sp³-hybridized carbons (Fsp3) is 0.692. The summed E-state index contributed by atoms with van der Waals surface area (Å²) in [6, 6.07) is 3.02. The van der Waals surface area contributed by atoms with Gasteiger partial charge in [0.15, 0.2) is 0 Å². The first-order valence-electron chi connectivity index (χ1n) is 6.31. The van der Waals surface area contributed by atoms with E-state index in [9.17, 15) is 0 Å². The number of hydrogen-bond donors (Lipinski definition) is 1. The number of thiophene rings is 1.